The molecule has 116 valence electrons. The van der Waals surface area contributed by atoms with Gasteiger partial charge in [-0.05, 0) is 29.8 Å². The van der Waals surface area contributed by atoms with E-state index in [1.807, 2.05) is 41.1 Å². The number of benzene rings is 2. The van der Waals surface area contributed by atoms with E-state index in [0.29, 0.717) is 17.9 Å². The maximum atomic E-state index is 12.3. The SMILES string of the molecule is COc1cccc(C(=O)NCc2ccccc2-n2ccnc2)c1. The van der Waals surface area contributed by atoms with Crippen molar-refractivity contribution in [2.24, 2.45) is 0 Å². The summed E-state index contributed by atoms with van der Waals surface area (Å²) in [5, 5.41) is 2.94. The summed E-state index contributed by atoms with van der Waals surface area (Å²) >= 11 is 0. The van der Waals surface area contributed by atoms with Crippen molar-refractivity contribution in [2.75, 3.05) is 7.11 Å². The number of hydrogen-bond acceptors (Lipinski definition) is 3. The van der Waals surface area contributed by atoms with Crippen molar-refractivity contribution in [2.45, 2.75) is 6.54 Å². The lowest BCUT2D eigenvalue weighted by Crippen LogP contribution is -2.23. The van der Waals surface area contributed by atoms with Gasteiger partial charge in [0.2, 0.25) is 0 Å². The number of carbonyl (C=O) groups is 1. The molecule has 23 heavy (non-hydrogen) atoms. The molecule has 0 saturated heterocycles. The van der Waals surface area contributed by atoms with Gasteiger partial charge in [-0.15, -0.1) is 0 Å². The maximum absolute atomic E-state index is 12.3. The Morgan fingerprint density at radius 2 is 2.09 bits per heavy atom. The summed E-state index contributed by atoms with van der Waals surface area (Å²) in [6.45, 7) is 0.435. The third-order valence-corrected chi connectivity index (χ3v) is 3.55. The first-order chi connectivity index (χ1) is 11.3. The van der Waals surface area contributed by atoms with Crippen molar-refractivity contribution in [3.8, 4) is 11.4 Å². The van der Waals surface area contributed by atoms with Crippen LogP contribution in [0, 0.1) is 0 Å². The van der Waals surface area contributed by atoms with Gasteiger partial charge in [0.05, 0.1) is 19.1 Å². The monoisotopic (exact) mass is 307 g/mol. The first kappa shape index (κ1) is 14.8. The van der Waals surface area contributed by atoms with E-state index in [9.17, 15) is 4.79 Å². The summed E-state index contributed by atoms with van der Waals surface area (Å²) in [7, 11) is 1.58. The highest BCUT2D eigenvalue weighted by Crippen LogP contribution is 2.15. The fourth-order valence-corrected chi connectivity index (χ4v) is 2.36. The number of nitrogens with zero attached hydrogens (tertiary/aromatic N) is 2. The highest BCUT2D eigenvalue weighted by Gasteiger charge is 2.08. The molecule has 0 aliphatic heterocycles. The second-order valence-corrected chi connectivity index (χ2v) is 5.01. The minimum atomic E-state index is -0.135. The van der Waals surface area contributed by atoms with Crippen LogP contribution in [0.4, 0.5) is 0 Å². The fraction of sp³-hybridized carbons (Fsp3) is 0.111. The van der Waals surface area contributed by atoms with Gasteiger partial charge in [-0.25, -0.2) is 4.98 Å². The van der Waals surface area contributed by atoms with Crippen LogP contribution in [-0.2, 0) is 6.54 Å². The molecular weight excluding hydrogens is 290 g/mol. The van der Waals surface area contributed by atoms with E-state index in [0.717, 1.165) is 11.3 Å². The zero-order valence-electron chi connectivity index (χ0n) is 12.8. The Labute approximate surface area is 134 Å². The Hall–Kier alpha value is -3.08. The van der Waals surface area contributed by atoms with Gasteiger partial charge in [0.15, 0.2) is 0 Å². The summed E-state index contributed by atoms with van der Waals surface area (Å²) in [5.41, 5.74) is 2.59. The third kappa shape index (κ3) is 3.40. The van der Waals surface area contributed by atoms with Gasteiger partial charge in [-0.2, -0.15) is 0 Å². The van der Waals surface area contributed by atoms with Gasteiger partial charge < -0.3 is 14.6 Å². The molecule has 0 radical (unpaired) electrons. The molecule has 0 atom stereocenters. The molecule has 2 aromatic carbocycles. The molecule has 0 aliphatic rings. The molecular formula is C18H17N3O2. The van der Waals surface area contributed by atoms with Gasteiger partial charge in [0, 0.05) is 24.5 Å². The highest BCUT2D eigenvalue weighted by molar-refractivity contribution is 5.94. The number of hydrogen-bond donors (Lipinski definition) is 1. The summed E-state index contributed by atoms with van der Waals surface area (Å²) < 4.78 is 7.07. The minimum absolute atomic E-state index is 0.135. The normalized spacial score (nSPS) is 10.3. The molecule has 0 aliphatic carbocycles. The van der Waals surface area contributed by atoms with E-state index in [2.05, 4.69) is 10.3 Å². The average Bonchev–Trinajstić information content (AvgIpc) is 3.14. The van der Waals surface area contributed by atoms with Crippen LogP contribution in [0.3, 0.4) is 0 Å². The van der Waals surface area contributed by atoms with Crippen LogP contribution in [-0.4, -0.2) is 22.6 Å². The lowest BCUT2D eigenvalue weighted by atomic mass is 10.1. The smallest absolute Gasteiger partial charge is 0.251 e. The Kier molecular flexibility index (Phi) is 4.38. The Morgan fingerprint density at radius 1 is 1.22 bits per heavy atom. The van der Waals surface area contributed by atoms with Crippen LogP contribution in [0.25, 0.3) is 5.69 Å². The molecule has 0 fully saturated rings. The van der Waals surface area contributed by atoms with Crippen molar-refractivity contribution in [1.82, 2.24) is 14.9 Å². The number of amides is 1. The fourth-order valence-electron chi connectivity index (χ4n) is 2.36. The molecule has 0 saturated carbocycles. The molecule has 0 spiro atoms. The van der Waals surface area contributed by atoms with E-state index in [4.69, 9.17) is 4.74 Å². The summed E-state index contributed by atoms with van der Waals surface area (Å²) in [6, 6.07) is 15.0. The first-order valence-corrected chi connectivity index (χ1v) is 7.26. The van der Waals surface area contributed by atoms with E-state index in [1.165, 1.54) is 0 Å². The van der Waals surface area contributed by atoms with Crippen LogP contribution in [0.2, 0.25) is 0 Å². The van der Waals surface area contributed by atoms with Crippen LogP contribution in [0.1, 0.15) is 15.9 Å². The Bertz CT molecular complexity index is 798. The number of methoxy groups -OCH3 is 1. The van der Waals surface area contributed by atoms with Gasteiger partial charge >= 0.3 is 0 Å². The van der Waals surface area contributed by atoms with Crippen LogP contribution in [0.15, 0.2) is 67.3 Å². The summed E-state index contributed by atoms with van der Waals surface area (Å²) in [5.74, 6) is 0.529. The van der Waals surface area contributed by atoms with E-state index >= 15 is 0 Å². The topological polar surface area (TPSA) is 56.1 Å². The number of para-hydroxylation sites is 1. The maximum Gasteiger partial charge on any atom is 0.251 e. The summed E-state index contributed by atoms with van der Waals surface area (Å²) in [6.07, 6.45) is 5.34. The largest absolute Gasteiger partial charge is 0.497 e. The van der Waals surface area contributed by atoms with Gasteiger partial charge in [-0.3, -0.25) is 4.79 Å². The van der Waals surface area contributed by atoms with Crippen molar-refractivity contribution < 1.29 is 9.53 Å². The molecule has 1 amide bonds. The van der Waals surface area contributed by atoms with E-state index < -0.39 is 0 Å². The first-order valence-electron chi connectivity index (χ1n) is 7.26. The standard InChI is InChI=1S/C18H17N3O2/c1-23-16-7-4-6-14(11-16)18(22)20-12-15-5-2-3-8-17(15)21-10-9-19-13-21/h2-11,13H,12H2,1H3,(H,20,22). The Balaban J connectivity index is 1.75. The second-order valence-electron chi connectivity index (χ2n) is 5.01. The van der Waals surface area contributed by atoms with Crippen molar-refractivity contribution >= 4 is 5.91 Å². The molecule has 5 nitrogen and oxygen atoms in total. The van der Waals surface area contributed by atoms with Crippen LogP contribution in [0.5, 0.6) is 5.75 Å². The average molecular weight is 307 g/mol. The highest BCUT2D eigenvalue weighted by atomic mass is 16.5. The molecule has 5 heteroatoms. The minimum Gasteiger partial charge on any atom is -0.497 e. The quantitative estimate of drug-likeness (QED) is 0.788. The molecule has 1 heterocycles. The lowest BCUT2D eigenvalue weighted by Gasteiger charge is -2.11. The van der Waals surface area contributed by atoms with E-state index in [1.54, 1.807) is 37.8 Å². The van der Waals surface area contributed by atoms with Crippen LogP contribution < -0.4 is 10.1 Å². The number of carbonyl (C=O) groups excluding carboxylic acids is 1. The van der Waals surface area contributed by atoms with E-state index in [-0.39, 0.29) is 5.91 Å². The molecule has 1 N–H and O–H groups in total. The third-order valence-electron chi connectivity index (χ3n) is 3.55. The number of nitrogens with one attached hydrogen (secondary N) is 1. The Morgan fingerprint density at radius 3 is 2.87 bits per heavy atom. The summed E-state index contributed by atoms with van der Waals surface area (Å²) in [4.78, 5) is 16.4. The van der Waals surface area contributed by atoms with Crippen molar-refractivity contribution in [3.63, 3.8) is 0 Å². The predicted molar refractivity (Wildman–Crippen MR) is 87.7 cm³/mol. The van der Waals surface area contributed by atoms with Crippen LogP contribution >= 0.6 is 0 Å². The molecule has 1 aromatic heterocycles. The van der Waals surface area contributed by atoms with Gasteiger partial charge in [0.25, 0.3) is 5.91 Å². The zero-order chi connectivity index (χ0) is 16.1. The lowest BCUT2D eigenvalue weighted by molar-refractivity contribution is 0.0950. The molecule has 3 rings (SSSR count). The number of imidazole rings is 1. The predicted octanol–water partition coefficient (Wildman–Crippen LogP) is 2.81. The zero-order valence-corrected chi connectivity index (χ0v) is 12.8. The van der Waals surface area contributed by atoms with Crippen molar-refractivity contribution in [1.29, 1.82) is 0 Å². The van der Waals surface area contributed by atoms with Gasteiger partial charge in [-0.1, -0.05) is 24.3 Å². The second kappa shape index (κ2) is 6.79. The number of rotatable bonds is 5. The molecule has 0 bridgehead atoms. The van der Waals surface area contributed by atoms with Crippen molar-refractivity contribution in [3.05, 3.63) is 78.4 Å². The molecule has 3 aromatic rings. The molecule has 0 unspecified atom stereocenters. The van der Waals surface area contributed by atoms with Gasteiger partial charge in [0.1, 0.15) is 5.75 Å². The number of aromatic nitrogens is 2. The number of ether oxygens (including phenoxy) is 1.